The Morgan fingerprint density at radius 2 is 2.07 bits per heavy atom. The van der Waals surface area contributed by atoms with Gasteiger partial charge in [0.2, 0.25) is 0 Å². The Hall–Kier alpha value is -1.90. The highest BCUT2D eigenvalue weighted by Gasteiger charge is 2.16. The van der Waals surface area contributed by atoms with Gasteiger partial charge in [-0.15, -0.1) is 0 Å². The molecule has 70 valence electrons. The minimum Gasteiger partial charge on any atom is -0.458 e. The smallest absolute Gasteiger partial charge is 0.178 e. The van der Waals surface area contributed by atoms with E-state index in [1.807, 2.05) is 18.2 Å². The van der Waals surface area contributed by atoms with Crippen LogP contribution in [0.3, 0.4) is 0 Å². The lowest BCUT2D eigenvalue weighted by molar-refractivity contribution is 0.361. The largest absolute Gasteiger partial charge is 0.458 e. The first-order valence-electron chi connectivity index (χ1n) is 4.51. The normalized spacial score (nSPS) is 16.0. The zero-order chi connectivity index (χ0) is 9.38. The minimum absolute atomic E-state index is 0.764. The van der Waals surface area contributed by atoms with Gasteiger partial charge in [-0.1, -0.05) is 12.2 Å². The summed E-state index contributed by atoms with van der Waals surface area (Å²) in [7, 11) is 0. The second-order valence-corrected chi connectivity index (χ2v) is 3.15. The van der Waals surface area contributed by atoms with Gasteiger partial charge in [0.25, 0.3) is 0 Å². The van der Waals surface area contributed by atoms with Gasteiger partial charge in [-0.2, -0.15) is 0 Å². The number of benzene rings is 1. The number of hydrogen-bond acceptors (Lipinski definition) is 3. The predicted molar refractivity (Wildman–Crippen MR) is 54.4 cm³/mol. The van der Waals surface area contributed by atoms with Crippen molar-refractivity contribution in [3.63, 3.8) is 0 Å². The molecule has 0 fully saturated rings. The van der Waals surface area contributed by atoms with E-state index in [9.17, 15) is 0 Å². The molecule has 2 aliphatic heterocycles. The number of rotatable bonds is 0. The molecule has 2 heterocycles. The Morgan fingerprint density at radius 3 is 3.07 bits per heavy atom. The van der Waals surface area contributed by atoms with Crippen molar-refractivity contribution >= 4 is 11.8 Å². The Labute approximate surface area is 81.6 Å². The monoisotopic (exact) mass is 187 g/mol. The zero-order valence-corrected chi connectivity index (χ0v) is 7.49. The molecule has 3 heteroatoms. The molecule has 1 aromatic carbocycles. The molecule has 0 atom stereocenters. The maximum Gasteiger partial charge on any atom is 0.178 e. The van der Waals surface area contributed by atoms with Crippen molar-refractivity contribution in [2.75, 3.05) is 11.9 Å². The lowest BCUT2D eigenvalue weighted by Crippen LogP contribution is -2.07. The van der Waals surface area contributed by atoms with E-state index in [4.69, 9.17) is 9.47 Å². The van der Waals surface area contributed by atoms with E-state index in [-0.39, 0.29) is 0 Å². The molecular formula is C11H9NO2. The third kappa shape index (κ3) is 0.988. The highest BCUT2D eigenvalue weighted by molar-refractivity contribution is 5.78. The van der Waals surface area contributed by atoms with Gasteiger partial charge in [0.05, 0.1) is 0 Å². The molecule has 0 radical (unpaired) electrons. The van der Waals surface area contributed by atoms with Crippen molar-refractivity contribution in [3.05, 3.63) is 36.3 Å². The van der Waals surface area contributed by atoms with E-state index in [0.29, 0.717) is 0 Å². The van der Waals surface area contributed by atoms with Crippen LogP contribution in [-0.2, 0) is 0 Å². The van der Waals surface area contributed by atoms with Crippen molar-refractivity contribution in [1.82, 2.24) is 0 Å². The molecular weight excluding hydrogens is 178 g/mol. The molecule has 0 amide bonds. The van der Waals surface area contributed by atoms with Crippen LogP contribution in [0.5, 0.6) is 11.5 Å². The first-order valence-corrected chi connectivity index (χ1v) is 4.51. The second kappa shape index (κ2) is 2.80. The first kappa shape index (κ1) is 7.50. The summed E-state index contributed by atoms with van der Waals surface area (Å²) in [5.41, 5.74) is 2.14. The minimum atomic E-state index is 0.764. The Kier molecular flexibility index (Phi) is 1.50. The molecule has 1 aromatic rings. The van der Waals surface area contributed by atoms with Crippen molar-refractivity contribution in [3.8, 4) is 11.5 Å². The lowest BCUT2D eigenvalue weighted by Gasteiger charge is -2.20. The van der Waals surface area contributed by atoms with Gasteiger partial charge in [-0.05, 0) is 12.1 Å². The van der Waals surface area contributed by atoms with Crippen molar-refractivity contribution in [2.24, 2.45) is 0 Å². The summed E-state index contributed by atoms with van der Waals surface area (Å²) in [4.78, 5) is 0. The molecule has 14 heavy (non-hydrogen) atoms. The summed E-state index contributed by atoms with van der Waals surface area (Å²) in [5, 5.41) is 3.27. The van der Waals surface area contributed by atoms with Gasteiger partial charge < -0.3 is 14.8 Å². The average molecular weight is 187 g/mol. The van der Waals surface area contributed by atoms with Crippen LogP contribution in [0.2, 0.25) is 0 Å². The van der Waals surface area contributed by atoms with Crippen LogP contribution in [0.25, 0.3) is 6.08 Å². The van der Waals surface area contributed by atoms with Crippen molar-refractivity contribution in [2.45, 2.75) is 0 Å². The summed E-state index contributed by atoms with van der Waals surface area (Å²) in [6.45, 7) is 0.864. The molecule has 0 spiro atoms. The lowest BCUT2D eigenvalue weighted by atomic mass is 10.1. The molecule has 0 aliphatic carbocycles. The highest BCUT2D eigenvalue weighted by atomic mass is 16.5. The first-order chi connectivity index (χ1) is 6.95. The number of hydrogen-bond donors (Lipinski definition) is 1. The standard InChI is InChI=1S/C11H9NO2/c1-2-8-9(12-5-1)3-4-10-11(8)14-7-6-13-10/h1-4,6-7,12H,5H2. The molecule has 0 aromatic heterocycles. The van der Waals surface area contributed by atoms with Crippen LogP contribution in [0.15, 0.2) is 30.7 Å². The molecule has 3 rings (SSSR count). The van der Waals surface area contributed by atoms with Crippen LogP contribution in [0.1, 0.15) is 5.56 Å². The quantitative estimate of drug-likeness (QED) is 0.676. The van der Waals surface area contributed by atoms with Crippen molar-refractivity contribution in [1.29, 1.82) is 0 Å². The Morgan fingerprint density at radius 1 is 1.14 bits per heavy atom. The Balaban J connectivity index is 2.21. The van der Waals surface area contributed by atoms with Crippen LogP contribution in [0.4, 0.5) is 5.69 Å². The number of ether oxygens (including phenoxy) is 2. The summed E-state index contributed by atoms with van der Waals surface area (Å²) < 4.78 is 10.7. The molecule has 0 saturated heterocycles. The molecule has 0 saturated carbocycles. The fourth-order valence-corrected chi connectivity index (χ4v) is 1.66. The van der Waals surface area contributed by atoms with Gasteiger partial charge >= 0.3 is 0 Å². The zero-order valence-electron chi connectivity index (χ0n) is 7.49. The van der Waals surface area contributed by atoms with Crippen molar-refractivity contribution < 1.29 is 9.47 Å². The van der Waals surface area contributed by atoms with Gasteiger partial charge in [-0.3, -0.25) is 0 Å². The molecule has 0 bridgehead atoms. The number of nitrogens with one attached hydrogen (secondary N) is 1. The van der Waals surface area contributed by atoms with E-state index >= 15 is 0 Å². The van der Waals surface area contributed by atoms with Gasteiger partial charge in [0.15, 0.2) is 11.5 Å². The van der Waals surface area contributed by atoms with E-state index < -0.39 is 0 Å². The Bertz CT molecular complexity index is 435. The van der Waals surface area contributed by atoms with Crippen LogP contribution in [0, 0.1) is 0 Å². The molecule has 2 aliphatic rings. The molecule has 0 unspecified atom stereocenters. The molecule has 1 N–H and O–H groups in total. The summed E-state index contributed by atoms with van der Waals surface area (Å²) in [6, 6.07) is 3.91. The third-order valence-electron chi connectivity index (χ3n) is 2.29. The van der Waals surface area contributed by atoms with Crippen LogP contribution < -0.4 is 14.8 Å². The van der Waals surface area contributed by atoms with Crippen LogP contribution >= 0.6 is 0 Å². The highest BCUT2D eigenvalue weighted by Crippen LogP contribution is 2.40. The maximum absolute atomic E-state index is 5.43. The number of fused-ring (bicyclic) bond motifs is 3. The fourth-order valence-electron chi connectivity index (χ4n) is 1.66. The van der Waals surface area contributed by atoms with E-state index in [1.165, 1.54) is 6.26 Å². The molecule has 3 nitrogen and oxygen atoms in total. The fraction of sp³-hybridized carbons (Fsp3) is 0.0909. The third-order valence-corrected chi connectivity index (χ3v) is 2.29. The van der Waals surface area contributed by atoms with E-state index in [1.54, 1.807) is 6.26 Å². The number of anilines is 1. The van der Waals surface area contributed by atoms with E-state index in [2.05, 4.69) is 11.4 Å². The summed E-state index contributed by atoms with van der Waals surface area (Å²) in [6.07, 6.45) is 7.19. The van der Waals surface area contributed by atoms with E-state index in [0.717, 1.165) is 29.3 Å². The van der Waals surface area contributed by atoms with Gasteiger partial charge in [0.1, 0.15) is 12.5 Å². The predicted octanol–water partition coefficient (Wildman–Crippen LogP) is 2.37. The van der Waals surface area contributed by atoms with Gasteiger partial charge in [0, 0.05) is 17.8 Å². The maximum atomic E-state index is 5.43. The average Bonchev–Trinajstić information content (AvgIpc) is 2.29. The topological polar surface area (TPSA) is 30.5 Å². The van der Waals surface area contributed by atoms with Crippen LogP contribution in [-0.4, -0.2) is 6.54 Å². The summed E-state index contributed by atoms with van der Waals surface area (Å²) in [5.74, 6) is 1.55. The van der Waals surface area contributed by atoms with Gasteiger partial charge in [-0.25, -0.2) is 0 Å². The SMILES string of the molecule is C1=Cc2c(ccc3c2OC=CO3)NC1. The summed E-state index contributed by atoms with van der Waals surface area (Å²) >= 11 is 0. The second-order valence-electron chi connectivity index (χ2n) is 3.15.